The lowest BCUT2D eigenvalue weighted by Crippen LogP contribution is -2.32. The van der Waals surface area contributed by atoms with Gasteiger partial charge in [-0.3, -0.25) is 4.79 Å². The lowest BCUT2D eigenvalue weighted by molar-refractivity contribution is -0.129. The molecule has 1 unspecified atom stereocenters. The third-order valence-corrected chi connectivity index (χ3v) is 3.75. The van der Waals surface area contributed by atoms with E-state index in [1.165, 1.54) is 18.6 Å². The summed E-state index contributed by atoms with van der Waals surface area (Å²) in [4.78, 5) is 13.8. The van der Waals surface area contributed by atoms with Gasteiger partial charge in [0.15, 0.2) is 0 Å². The van der Waals surface area contributed by atoms with Gasteiger partial charge in [0.1, 0.15) is 5.82 Å². The predicted octanol–water partition coefficient (Wildman–Crippen LogP) is 2.79. The molecule has 4 heteroatoms. The van der Waals surface area contributed by atoms with Crippen LogP contribution in [0.1, 0.15) is 31.2 Å². The Kier molecular flexibility index (Phi) is 5.53. The number of rotatable bonds is 5. The van der Waals surface area contributed by atoms with Crippen molar-refractivity contribution >= 4 is 5.91 Å². The Morgan fingerprint density at radius 3 is 2.75 bits per heavy atom. The molecular weight excluding hydrogens is 257 g/mol. The maximum absolute atomic E-state index is 12.8. The Bertz CT molecular complexity index is 427. The molecule has 1 aliphatic heterocycles. The van der Waals surface area contributed by atoms with Crippen molar-refractivity contribution in [2.45, 2.75) is 38.2 Å². The first-order valence-corrected chi connectivity index (χ1v) is 7.25. The normalized spacial score (nSPS) is 18.8. The molecule has 1 aromatic rings. The molecule has 1 heterocycles. The van der Waals surface area contributed by atoms with Crippen LogP contribution in [-0.2, 0) is 16.0 Å². The second-order valence-corrected chi connectivity index (χ2v) is 5.40. The quantitative estimate of drug-likeness (QED) is 0.829. The first kappa shape index (κ1) is 15.0. The van der Waals surface area contributed by atoms with Crippen LogP contribution in [0.15, 0.2) is 24.3 Å². The number of carbonyl (C=O) groups excluding carboxylic acids is 1. The van der Waals surface area contributed by atoms with Crippen LogP contribution in [0.4, 0.5) is 4.39 Å². The van der Waals surface area contributed by atoms with E-state index in [4.69, 9.17) is 4.74 Å². The second-order valence-electron chi connectivity index (χ2n) is 5.40. The summed E-state index contributed by atoms with van der Waals surface area (Å²) in [5.41, 5.74) is 0.845. The van der Waals surface area contributed by atoms with Crippen LogP contribution < -0.4 is 0 Å². The Balaban J connectivity index is 1.75. The maximum Gasteiger partial charge on any atom is 0.226 e. The summed E-state index contributed by atoms with van der Waals surface area (Å²) >= 11 is 0. The summed E-state index contributed by atoms with van der Waals surface area (Å²) < 4.78 is 18.5. The molecule has 0 aromatic heterocycles. The van der Waals surface area contributed by atoms with Gasteiger partial charge in [-0.2, -0.15) is 0 Å². The highest BCUT2D eigenvalue weighted by Crippen LogP contribution is 2.16. The van der Waals surface area contributed by atoms with Gasteiger partial charge >= 0.3 is 0 Å². The lowest BCUT2D eigenvalue weighted by Gasteiger charge is -2.25. The van der Waals surface area contributed by atoms with Gasteiger partial charge in [-0.05, 0) is 43.4 Å². The maximum atomic E-state index is 12.8. The molecule has 0 bridgehead atoms. The van der Waals surface area contributed by atoms with Gasteiger partial charge in [0.05, 0.1) is 12.5 Å². The van der Waals surface area contributed by atoms with Gasteiger partial charge in [-0.25, -0.2) is 4.39 Å². The molecule has 1 amide bonds. The number of hydrogen-bond donors (Lipinski definition) is 0. The van der Waals surface area contributed by atoms with Crippen LogP contribution in [0.5, 0.6) is 0 Å². The number of hydrogen-bond acceptors (Lipinski definition) is 2. The van der Waals surface area contributed by atoms with Crippen LogP contribution in [0.25, 0.3) is 0 Å². The van der Waals surface area contributed by atoms with E-state index in [1.807, 2.05) is 7.05 Å². The molecule has 0 N–H and O–H groups in total. The fraction of sp³-hybridized carbons (Fsp3) is 0.562. The van der Waals surface area contributed by atoms with Crippen molar-refractivity contribution < 1.29 is 13.9 Å². The summed E-state index contributed by atoms with van der Waals surface area (Å²) in [5.74, 6) is -0.212. The molecule has 2 rings (SSSR count). The minimum absolute atomic E-state index is 0.0624. The van der Waals surface area contributed by atoms with E-state index >= 15 is 0 Å². The third-order valence-electron chi connectivity index (χ3n) is 3.75. The second kappa shape index (κ2) is 7.39. The Labute approximate surface area is 119 Å². The number of carbonyl (C=O) groups is 1. The van der Waals surface area contributed by atoms with Crippen molar-refractivity contribution in [1.82, 2.24) is 4.90 Å². The number of benzene rings is 1. The minimum Gasteiger partial charge on any atom is -0.378 e. The Morgan fingerprint density at radius 2 is 2.10 bits per heavy atom. The fourth-order valence-corrected chi connectivity index (χ4v) is 2.41. The van der Waals surface area contributed by atoms with Gasteiger partial charge < -0.3 is 9.64 Å². The van der Waals surface area contributed by atoms with Crippen LogP contribution in [-0.4, -0.2) is 37.1 Å². The van der Waals surface area contributed by atoms with E-state index in [1.54, 1.807) is 17.0 Å². The standard InChI is InChI=1S/C16H22FNO2/c1-18(10-9-15-4-2-3-11-20-15)16(19)12-13-5-7-14(17)8-6-13/h5-8,15H,2-4,9-12H2,1H3. The van der Waals surface area contributed by atoms with E-state index < -0.39 is 0 Å². The van der Waals surface area contributed by atoms with E-state index in [2.05, 4.69) is 0 Å². The summed E-state index contributed by atoms with van der Waals surface area (Å²) in [6, 6.07) is 6.09. The number of ether oxygens (including phenoxy) is 1. The summed E-state index contributed by atoms with van der Waals surface area (Å²) in [5, 5.41) is 0. The molecule has 0 radical (unpaired) electrons. The average molecular weight is 279 g/mol. The van der Waals surface area contributed by atoms with Crippen molar-refractivity contribution in [2.24, 2.45) is 0 Å². The SMILES string of the molecule is CN(CCC1CCCCO1)C(=O)Cc1ccc(F)cc1. The highest BCUT2D eigenvalue weighted by Gasteiger charge is 2.16. The van der Waals surface area contributed by atoms with Gasteiger partial charge in [0.2, 0.25) is 5.91 Å². The minimum atomic E-state index is -0.274. The molecule has 1 fully saturated rings. The van der Waals surface area contributed by atoms with Crippen molar-refractivity contribution in [2.75, 3.05) is 20.2 Å². The van der Waals surface area contributed by atoms with Crippen LogP contribution in [0, 0.1) is 5.82 Å². The predicted molar refractivity (Wildman–Crippen MR) is 75.9 cm³/mol. The van der Waals surface area contributed by atoms with Crippen LogP contribution in [0.3, 0.4) is 0 Å². The van der Waals surface area contributed by atoms with Gasteiger partial charge in [0.25, 0.3) is 0 Å². The summed E-state index contributed by atoms with van der Waals surface area (Å²) in [7, 11) is 1.81. The molecule has 3 nitrogen and oxygen atoms in total. The highest BCUT2D eigenvalue weighted by atomic mass is 19.1. The van der Waals surface area contributed by atoms with E-state index in [0.717, 1.165) is 31.4 Å². The van der Waals surface area contributed by atoms with Crippen molar-refractivity contribution in [3.63, 3.8) is 0 Å². The third kappa shape index (κ3) is 4.60. The van der Waals surface area contributed by atoms with Crippen LogP contribution in [0.2, 0.25) is 0 Å². The van der Waals surface area contributed by atoms with Crippen molar-refractivity contribution in [3.05, 3.63) is 35.6 Å². The number of amides is 1. The van der Waals surface area contributed by atoms with Crippen LogP contribution >= 0.6 is 0 Å². The first-order chi connectivity index (χ1) is 9.65. The molecule has 0 saturated carbocycles. The van der Waals surface area contributed by atoms with E-state index in [9.17, 15) is 9.18 Å². The molecule has 1 saturated heterocycles. The van der Waals surface area contributed by atoms with E-state index in [-0.39, 0.29) is 11.7 Å². The molecule has 20 heavy (non-hydrogen) atoms. The zero-order valence-corrected chi connectivity index (χ0v) is 12.0. The van der Waals surface area contributed by atoms with E-state index in [0.29, 0.717) is 19.1 Å². The number of halogens is 1. The monoisotopic (exact) mass is 279 g/mol. The molecule has 1 aliphatic rings. The molecule has 110 valence electrons. The highest BCUT2D eigenvalue weighted by molar-refractivity contribution is 5.78. The largest absolute Gasteiger partial charge is 0.378 e. The zero-order valence-electron chi connectivity index (χ0n) is 12.0. The molecule has 1 atom stereocenters. The smallest absolute Gasteiger partial charge is 0.226 e. The Hall–Kier alpha value is -1.42. The molecular formula is C16H22FNO2. The number of nitrogens with zero attached hydrogens (tertiary/aromatic N) is 1. The topological polar surface area (TPSA) is 29.5 Å². The fourth-order valence-electron chi connectivity index (χ4n) is 2.41. The first-order valence-electron chi connectivity index (χ1n) is 7.25. The number of likely N-dealkylation sites (N-methyl/N-ethyl adjacent to an activating group) is 1. The molecule has 0 spiro atoms. The molecule has 0 aliphatic carbocycles. The summed E-state index contributed by atoms with van der Waals surface area (Å²) in [6.45, 7) is 1.56. The zero-order chi connectivity index (χ0) is 14.4. The van der Waals surface area contributed by atoms with Crippen molar-refractivity contribution in [1.29, 1.82) is 0 Å². The van der Waals surface area contributed by atoms with Crippen molar-refractivity contribution in [3.8, 4) is 0 Å². The van der Waals surface area contributed by atoms with Gasteiger partial charge in [-0.15, -0.1) is 0 Å². The molecule has 1 aromatic carbocycles. The summed E-state index contributed by atoms with van der Waals surface area (Å²) in [6.07, 6.45) is 4.98. The Morgan fingerprint density at radius 1 is 1.35 bits per heavy atom. The lowest BCUT2D eigenvalue weighted by atomic mass is 10.1. The van der Waals surface area contributed by atoms with Gasteiger partial charge in [-0.1, -0.05) is 12.1 Å². The van der Waals surface area contributed by atoms with Gasteiger partial charge in [0, 0.05) is 20.2 Å². The average Bonchev–Trinajstić information content (AvgIpc) is 2.48.